The van der Waals surface area contributed by atoms with Crippen molar-refractivity contribution in [1.29, 1.82) is 0 Å². The lowest BCUT2D eigenvalue weighted by Gasteiger charge is -1.82. The Kier molecular flexibility index (Phi) is 37.9. The Labute approximate surface area is 407 Å². The molecule has 0 aliphatic carbocycles. The van der Waals surface area contributed by atoms with Gasteiger partial charge < -0.3 is 4.79 Å². The minimum atomic E-state index is 0.167. The van der Waals surface area contributed by atoms with Crippen molar-refractivity contribution in [2.45, 2.75) is 76.2 Å². The standard InChI is InChI=1S/9C7H8.C3H6O/c9*1-7-5-3-2-4-6-7;1-3(2)4/h9*2-6H,1H3;1-2H3. The van der Waals surface area contributed by atoms with E-state index in [-0.39, 0.29) is 5.78 Å². The number of Topliss-reactive ketones (excluding diaryl/α,β-unsaturated/α-hetero) is 1. The fraction of sp³-hybridized carbons (Fsp3) is 0.167. The van der Waals surface area contributed by atoms with Crippen LogP contribution < -0.4 is 0 Å². The number of hydrogen-bond donors (Lipinski definition) is 0. The number of aryl methyl sites for hydroxylation is 9. The van der Waals surface area contributed by atoms with Crippen LogP contribution in [0.1, 0.15) is 63.9 Å². The first kappa shape index (κ1) is 59.7. The Morgan fingerprint density at radius 1 is 0.179 bits per heavy atom. The molecule has 0 radical (unpaired) electrons. The first-order valence-electron chi connectivity index (χ1n) is 22.9. The monoisotopic (exact) mass is 887 g/mol. The van der Waals surface area contributed by atoms with E-state index in [2.05, 4.69) is 172 Å². The Balaban J connectivity index is 0.000000724. The fourth-order valence-electron chi connectivity index (χ4n) is 4.81. The van der Waals surface area contributed by atoms with E-state index in [4.69, 9.17) is 0 Å². The van der Waals surface area contributed by atoms with Crippen LogP contribution in [0.4, 0.5) is 0 Å². The van der Waals surface area contributed by atoms with Gasteiger partial charge in [0.25, 0.3) is 0 Å². The van der Waals surface area contributed by atoms with Crippen LogP contribution in [0.2, 0.25) is 0 Å². The van der Waals surface area contributed by atoms with Crippen molar-refractivity contribution in [3.63, 3.8) is 0 Å². The summed E-state index contributed by atoms with van der Waals surface area (Å²) in [7, 11) is 0. The maximum absolute atomic E-state index is 9.44. The molecule has 67 heavy (non-hydrogen) atoms. The van der Waals surface area contributed by atoms with Crippen LogP contribution in [0.5, 0.6) is 0 Å². The molecule has 0 aliphatic heterocycles. The normalized spacial score (nSPS) is 8.58. The van der Waals surface area contributed by atoms with Gasteiger partial charge in [-0.2, -0.15) is 0 Å². The summed E-state index contributed by atoms with van der Waals surface area (Å²) in [5, 5.41) is 0. The predicted octanol–water partition coefficient (Wildman–Crippen LogP) is 18.6. The molecule has 0 N–H and O–H groups in total. The lowest BCUT2D eigenvalue weighted by atomic mass is 10.2. The Morgan fingerprint density at radius 3 is 0.269 bits per heavy atom. The van der Waals surface area contributed by atoms with E-state index in [1.165, 1.54) is 63.9 Å². The smallest absolute Gasteiger partial charge is 0.126 e. The van der Waals surface area contributed by atoms with E-state index in [0.29, 0.717) is 0 Å². The van der Waals surface area contributed by atoms with Crippen molar-refractivity contribution in [2.75, 3.05) is 0 Å². The van der Waals surface area contributed by atoms with Gasteiger partial charge in [-0.15, -0.1) is 0 Å². The molecule has 9 aromatic rings. The van der Waals surface area contributed by atoms with Crippen LogP contribution in [-0.4, -0.2) is 5.78 Å². The molecule has 0 heterocycles. The predicted molar refractivity (Wildman–Crippen MR) is 297 cm³/mol. The van der Waals surface area contributed by atoms with Crippen LogP contribution >= 0.6 is 0 Å². The second-order valence-electron chi connectivity index (χ2n) is 15.8. The van der Waals surface area contributed by atoms with E-state index in [1.807, 2.05) is 164 Å². The highest BCUT2D eigenvalue weighted by molar-refractivity contribution is 5.72. The third-order valence-electron chi connectivity index (χ3n) is 8.46. The molecule has 1 heteroatoms. The molecule has 9 aromatic carbocycles. The summed E-state index contributed by atoms with van der Waals surface area (Å²) in [4.78, 5) is 9.44. The average Bonchev–Trinajstić information content (AvgIpc) is 3.33. The molecule has 0 amide bonds. The quantitative estimate of drug-likeness (QED) is 0.148. The molecular weight excluding hydrogens is 809 g/mol. The Bertz CT molecular complexity index is 1810. The first-order valence-corrected chi connectivity index (χ1v) is 22.9. The second kappa shape index (κ2) is 42.6. The van der Waals surface area contributed by atoms with Crippen molar-refractivity contribution < 1.29 is 4.79 Å². The summed E-state index contributed by atoms with van der Waals surface area (Å²) in [6.45, 7) is 21.8. The zero-order valence-corrected chi connectivity index (χ0v) is 42.4. The van der Waals surface area contributed by atoms with Crippen molar-refractivity contribution in [2.24, 2.45) is 0 Å². The van der Waals surface area contributed by atoms with E-state index >= 15 is 0 Å². The minimum Gasteiger partial charge on any atom is -0.300 e. The number of carbonyl (C=O) groups excluding carboxylic acids is 1. The first-order chi connectivity index (χ1) is 32.3. The zero-order valence-electron chi connectivity index (χ0n) is 42.4. The molecule has 0 fully saturated rings. The zero-order chi connectivity index (χ0) is 49.6. The topological polar surface area (TPSA) is 17.1 Å². The molecule has 1 nitrogen and oxygen atoms in total. The molecule has 0 aliphatic rings. The van der Waals surface area contributed by atoms with Gasteiger partial charge in [0, 0.05) is 0 Å². The van der Waals surface area contributed by atoms with Crippen LogP contribution in [0.25, 0.3) is 0 Å². The number of benzene rings is 9. The van der Waals surface area contributed by atoms with Crippen LogP contribution in [0.15, 0.2) is 273 Å². The number of rotatable bonds is 0. The third-order valence-corrected chi connectivity index (χ3v) is 8.46. The van der Waals surface area contributed by atoms with Gasteiger partial charge in [-0.3, -0.25) is 0 Å². The van der Waals surface area contributed by atoms with Crippen LogP contribution in [-0.2, 0) is 4.79 Å². The lowest BCUT2D eigenvalue weighted by molar-refractivity contribution is -0.115. The SMILES string of the molecule is CC(C)=O.Cc1ccccc1.Cc1ccccc1.Cc1ccccc1.Cc1ccccc1.Cc1ccccc1.Cc1ccccc1.Cc1ccccc1.Cc1ccccc1.Cc1ccccc1. The van der Waals surface area contributed by atoms with Gasteiger partial charge in [-0.1, -0.05) is 323 Å². The molecule has 0 atom stereocenters. The summed E-state index contributed by atoms with van der Waals surface area (Å²) < 4.78 is 0. The summed E-state index contributed by atoms with van der Waals surface area (Å²) in [6, 6.07) is 92.4. The lowest BCUT2D eigenvalue weighted by Crippen LogP contribution is -1.69. The van der Waals surface area contributed by atoms with Crippen molar-refractivity contribution in [3.8, 4) is 0 Å². The highest BCUT2D eigenvalue weighted by Gasteiger charge is 1.77. The molecule has 0 saturated carbocycles. The van der Waals surface area contributed by atoms with E-state index in [9.17, 15) is 4.79 Å². The van der Waals surface area contributed by atoms with Crippen LogP contribution in [0, 0.1) is 62.3 Å². The molecule has 0 unspecified atom stereocenters. The van der Waals surface area contributed by atoms with E-state index in [0.717, 1.165) is 0 Å². The van der Waals surface area contributed by atoms with Crippen molar-refractivity contribution >= 4 is 5.78 Å². The summed E-state index contributed by atoms with van der Waals surface area (Å²) in [5.41, 5.74) is 11.9. The molecule has 0 bridgehead atoms. The molecule has 0 spiro atoms. The second-order valence-corrected chi connectivity index (χ2v) is 15.8. The van der Waals surface area contributed by atoms with E-state index < -0.39 is 0 Å². The minimum absolute atomic E-state index is 0.167. The fourth-order valence-corrected chi connectivity index (χ4v) is 4.81. The van der Waals surface area contributed by atoms with Gasteiger partial charge in [0.2, 0.25) is 0 Å². The highest BCUT2D eigenvalue weighted by Crippen LogP contribution is 1.97. The van der Waals surface area contributed by atoms with E-state index in [1.54, 1.807) is 0 Å². The summed E-state index contributed by atoms with van der Waals surface area (Å²) >= 11 is 0. The van der Waals surface area contributed by atoms with Crippen molar-refractivity contribution in [1.82, 2.24) is 0 Å². The maximum atomic E-state index is 9.44. The van der Waals surface area contributed by atoms with Crippen LogP contribution in [0.3, 0.4) is 0 Å². The Morgan fingerprint density at radius 2 is 0.239 bits per heavy atom. The third kappa shape index (κ3) is 45.0. The molecule has 0 aromatic heterocycles. The van der Waals surface area contributed by atoms with Gasteiger partial charge in [-0.25, -0.2) is 0 Å². The molecular formula is C66H78O. The number of ketones is 1. The summed E-state index contributed by atoms with van der Waals surface area (Å²) in [5.74, 6) is 0.167. The maximum Gasteiger partial charge on any atom is 0.126 e. The van der Waals surface area contributed by atoms with Gasteiger partial charge >= 0.3 is 0 Å². The molecule has 348 valence electrons. The number of hydrogen-bond acceptors (Lipinski definition) is 1. The molecule has 0 saturated heterocycles. The molecule has 9 rings (SSSR count). The Hall–Kier alpha value is -7.35. The van der Waals surface area contributed by atoms with Gasteiger partial charge in [0.1, 0.15) is 5.78 Å². The van der Waals surface area contributed by atoms with Gasteiger partial charge in [0.15, 0.2) is 0 Å². The number of carbonyl (C=O) groups is 1. The summed E-state index contributed by atoms with van der Waals surface area (Å²) in [6.07, 6.45) is 0. The van der Waals surface area contributed by atoms with Gasteiger partial charge in [0.05, 0.1) is 0 Å². The van der Waals surface area contributed by atoms with Crippen molar-refractivity contribution in [3.05, 3.63) is 323 Å². The van der Waals surface area contributed by atoms with Gasteiger partial charge in [-0.05, 0) is 76.2 Å². The highest BCUT2D eigenvalue weighted by atomic mass is 16.1. The largest absolute Gasteiger partial charge is 0.300 e. The average molecular weight is 887 g/mol.